The number of nitrogens with one attached hydrogen (secondary N) is 2. The molecule has 7 heteroatoms. The number of H-pyrrole nitrogens is 1. The number of benzene rings is 1. The lowest BCUT2D eigenvalue weighted by Crippen LogP contribution is -2.37. The zero-order valence-corrected chi connectivity index (χ0v) is 15.7. The largest absolute Gasteiger partial charge is 0.465 e. The van der Waals surface area contributed by atoms with Crippen LogP contribution in [0.15, 0.2) is 30.3 Å². The monoisotopic (exact) mass is 369 g/mol. The van der Waals surface area contributed by atoms with Crippen molar-refractivity contribution in [2.24, 2.45) is 0 Å². The number of aryl methyl sites for hydroxylation is 1. The van der Waals surface area contributed by atoms with Crippen LogP contribution in [-0.4, -0.2) is 47.9 Å². The Hall–Kier alpha value is -3.09. The highest BCUT2D eigenvalue weighted by Gasteiger charge is 2.33. The van der Waals surface area contributed by atoms with Crippen molar-refractivity contribution in [1.29, 1.82) is 0 Å². The fraction of sp³-hybridized carbons (Fsp3) is 0.350. The Bertz CT molecular complexity index is 873. The van der Waals surface area contributed by atoms with E-state index in [0.29, 0.717) is 35.6 Å². The number of amides is 2. The van der Waals surface area contributed by atoms with Crippen LogP contribution in [0.5, 0.6) is 0 Å². The summed E-state index contributed by atoms with van der Waals surface area (Å²) >= 11 is 0. The summed E-state index contributed by atoms with van der Waals surface area (Å²) in [6, 6.07) is 9.13. The average molecular weight is 369 g/mol. The van der Waals surface area contributed by atoms with Crippen molar-refractivity contribution in [3.63, 3.8) is 0 Å². The van der Waals surface area contributed by atoms with Gasteiger partial charge in [-0.05, 0) is 25.0 Å². The summed E-state index contributed by atoms with van der Waals surface area (Å²) in [6.07, 6.45) is 0.193. The van der Waals surface area contributed by atoms with E-state index in [0.717, 1.165) is 5.56 Å². The normalized spacial score (nSPS) is 17.2. The lowest BCUT2D eigenvalue weighted by molar-refractivity contribution is -0.121. The van der Waals surface area contributed by atoms with E-state index in [9.17, 15) is 14.4 Å². The maximum absolute atomic E-state index is 13.3. The molecular formula is C20H23N3O4. The van der Waals surface area contributed by atoms with Gasteiger partial charge in [0, 0.05) is 18.8 Å². The van der Waals surface area contributed by atoms with Crippen LogP contribution < -0.4 is 5.32 Å². The van der Waals surface area contributed by atoms with Crippen molar-refractivity contribution >= 4 is 17.8 Å². The van der Waals surface area contributed by atoms with Gasteiger partial charge in [-0.15, -0.1) is 0 Å². The molecule has 3 rings (SSSR count). The van der Waals surface area contributed by atoms with Crippen molar-refractivity contribution in [3.05, 3.63) is 58.4 Å². The number of methoxy groups -OCH3 is 1. The molecule has 0 aliphatic carbocycles. The second-order valence-electron chi connectivity index (χ2n) is 6.60. The molecule has 2 aromatic rings. The Balaban J connectivity index is 2.01. The van der Waals surface area contributed by atoms with E-state index in [1.54, 1.807) is 18.7 Å². The fourth-order valence-corrected chi connectivity index (χ4v) is 3.56. The molecule has 1 aliphatic heterocycles. The van der Waals surface area contributed by atoms with Gasteiger partial charge in [0.05, 0.1) is 25.1 Å². The number of rotatable bonds is 3. The Morgan fingerprint density at radius 3 is 2.56 bits per heavy atom. The first-order valence-electron chi connectivity index (χ1n) is 8.84. The van der Waals surface area contributed by atoms with Gasteiger partial charge in [0.1, 0.15) is 5.69 Å². The van der Waals surface area contributed by atoms with Gasteiger partial charge in [-0.25, -0.2) is 4.79 Å². The second kappa shape index (κ2) is 7.65. The maximum Gasteiger partial charge on any atom is 0.339 e. The van der Waals surface area contributed by atoms with Crippen LogP contribution in [0.1, 0.15) is 50.1 Å². The van der Waals surface area contributed by atoms with E-state index in [1.165, 1.54) is 7.11 Å². The van der Waals surface area contributed by atoms with Crippen LogP contribution in [0.4, 0.5) is 0 Å². The van der Waals surface area contributed by atoms with Gasteiger partial charge in [0.15, 0.2) is 0 Å². The van der Waals surface area contributed by atoms with Crippen molar-refractivity contribution < 1.29 is 19.1 Å². The molecule has 2 amide bonds. The maximum atomic E-state index is 13.3. The van der Waals surface area contributed by atoms with Crippen molar-refractivity contribution in [3.8, 4) is 0 Å². The molecule has 1 aromatic carbocycles. The molecule has 1 aliphatic rings. The summed E-state index contributed by atoms with van der Waals surface area (Å²) in [5.74, 6) is -0.808. The molecular weight excluding hydrogens is 346 g/mol. The highest BCUT2D eigenvalue weighted by atomic mass is 16.5. The van der Waals surface area contributed by atoms with Crippen LogP contribution in [0.2, 0.25) is 0 Å². The third kappa shape index (κ3) is 3.58. The summed E-state index contributed by atoms with van der Waals surface area (Å²) in [5.41, 5.74) is 2.77. The smallest absolute Gasteiger partial charge is 0.339 e. The third-order valence-electron chi connectivity index (χ3n) is 4.92. The minimum absolute atomic E-state index is 0.0891. The Morgan fingerprint density at radius 2 is 1.89 bits per heavy atom. The number of nitrogens with zero attached hydrogens (tertiary/aromatic N) is 1. The molecule has 0 radical (unpaired) electrons. The van der Waals surface area contributed by atoms with E-state index in [4.69, 9.17) is 4.74 Å². The number of carbonyl (C=O) groups is 3. The number of esters is 1. The predicted octanol–water partition coefficient (Wildman–Crippen LogP) is 2.12. The van der Waals surface area contributed by atoms with Crippen LogP contribution in [0.25, 0.3) is 0 Å². The quantitative estimate of drug-likeness (QED) is 0.811. The lowest BCUT2D eigenvalue weighted by atomic mass is 10.0. The number of aromatic nitrogens is 1. The SMILES string of the molecule is COC(=O)c1c(C)[nH]c(C(=O)N2CCNC(=O)CC2c2ccccc2)c1C. The molecule has 1 atom stereocenters. The Kier molecular flexibility index (Phi) is 5.30. The fourth-order valence-electron chi connectivity index (χ4n) is 3.56. The summed E-state index contributed by atoms with van der Waals surface area (Å²) in [6.45, 7) is 4.23. The molecule has 1 saturated heterocycles. The molecule has 142 valence electrons. The molecule has 0 spiro atoms. The first-order valence-corrected chi connectivity index (χ1v) is 8.84. The highest BCUT2D eigenvalue weighted by Crippen LogP contribution is 2.29. The van der Waals surface area contributed by atoms with Gasteiger partial charge in [-0.2, -0.15) is 0 Å². The number of ether oxygens (including phenoxy) is 1. The van der Waals surface area contributed by atoms with Crippen molar-refractivity contribution in [2.45, 2.75) is 26.3 Å². The molecule has 2 N–H and O–H groups in total. The minimum Gasteiger partial charge on any atom is -0.465 e. The molecule has 1 aromatic heterocycles. The molecule has 1 fully saturated rings. The molecule has 0 bridgehead atoms. The predicted molar refractivity (Wildman–Crippen MR) is 99.5 cm³/mol. The topological polar surface area (TPSA) is 91.5 Å². The standard InChI is InChI=1S/C20H23N3O4/c1-12-17(20(26)27-3)13(2)22-18(12)19(25)23-10-9-21-16(24)11-15(23)14-7-5-4-6-8-14/h4-8,15,22H,9-11H2,1-3H3,(H,21,24). The summed E-state index contributed by atoms with van der Waals surface area (Å²) in [4.78, 5) is 42.2. The molecule has 1 unspecified atom stereocenters. The second-order valence-corrected chi connectivity index (χ2v) is 6.60. The van der Waals surface area contributed by atoms with Gasteiger partial charge in [-0.3, -0.25) is 9.59 Å². The van der Waals surface area contributed by atoms with Crippen molar-refractivity contribution in [2.75, 3.05) is 20.2 Å². The Labute approximate surface area is 157 Å². The summed E-state index contributed by atoms with van der Waals surface area (Å²) in [5, 5.41) is 2.82. The van der Waals surface area contributed by atoms with Crippen LogP contribution in [0, 0.1) is 13.8 Å². The Morgan fingerprint density at radius 1 is 1.19 bits per heavy atom. The number of carbonyl (C=O) groups excluding carboxylic acids is 3. The van der Waals surface area contributed by atoms with Gasteiger partial charge in [-0.1, -0.05) is 30.3 Å². The minimum atomic E-state index is -0.479. The molecule has 0 saturated carbocycles. The van der Waals surface area contributed by atoms with Crippen LogP contribution >= 0.6 is 0 Å². The summed E-state index contributed by atoms with van der Waals surface area (Å²) < 4.78 is 4.82. The third-order valence-corrected chi connectivity index (χ3v) is 4.92. The molecule has 7 nitrogen and oxygen atoms in total. The van der Waals surface area contributed by atoms with E-state index in [-0.39, 0.29) is 24.3 Å². The van der Waals surface area contributed by atoms with Crippen molar-refractivity contribution in [1.82, 2.24) is 15.2 Å². The number of aromatic amines is 1. The zero-order valence-electron chi connectivity index (χ0n) is 15.7. The highest BCUT2D eigenvalue weighted by molar-refractivity contribution is 6.01. The lowest BCUT2D eigenvalue weighted by Gasteiger charge is -2.29. The van der Waals surface area contributed by atoms with E-state index < -0.39 is 5.97 Å². The first kappa shape index (κ1) is 18.7. The summed E-state index contributed by atoms with van der Waals surface area (Å²) in [7, 11) is 1.31. The zero-order chi connectivity index (χ0) is 19.6. The van der Waals surface area contributed by atoms with E-state index >= 15 is 0 Å². The van der Waals surface area contributed by atoms with E-state index in [2.05, 4.69) is 10.3 Å². The van der Waals surface area contributed by atoms with E-state index in [1.807, 2.05) is 30.3 Å². The van der Waals surface area contributed by atoms with Crippen LogP contribution in [-0.2, 0) is 9.53 Å². The van der Waals surface area contributed by atoms with Gasteiger partial charge in [0.25, 0.3) is 5.91 Å². The van der Waals surface area contributed by atoms with Gasteiger partial charge in [0.2, 0.25) is 5.91 Å². The number of hydrogen-bond acceptors (Lipinski definition) is 4. The average Bonchev–Trinajstić information content (AvgIpc) is 2.84. The number of hydrogen-bond donors (Lipinski definition) is 2. The molecule has 27 heavy (non-hydrogen) atoms. The van der Waals surface area contributed by atoms with Gasteiger partial charge >= 0.3 is 5.97 Å². The first-order chi connectivity index (χ1) is 12.9. The van der Waals surface area contributed by atoms with Crippen LogP contribution in [0.3, 0.4) is 0 Å². The molecule has 2 heterocycles. The van der Waals surface area contributed by atoms with Gasteiger partial charge < -0.3 is 19.9 Å².